The van der Waals surface area contributed by atoms with E-state index < -0.39 is 10.0 Å². The van der Waals surface area contributed by atoms with Gasteiger partial charge in [0.2, 0.25) is 10.0 Å². The van der Waals surface area contributed by atoms with Crippen LogP contribution in [-0.4, -0.2) is 45.4 Å². The molecule has 1 N–H and O–H groups in total. The highest BCUT2D eigenvalue weighted by Crippen LogP contribution is 2.30. The molecule has 0 radical (unpaired) electrons. The maximum absolute atomic E-state index is 10.9. The molecule has 0 aromatic carbocycles. The molecule has 0 spiro atoms. The van der Waals surface area contributed by atoms with Gasteiger partial charge in [0.1, 0.15) is 0 Å². The summed E-state index contributed by atoms with van der Waals surface area (Å²) in [5.41, 5.74) is -0.284. The molecule has 1 rings (SSSR count). The van der Waals surface area contributed by atoms with Gasteiger partial charge in [-0.1, -0.05) is 0 Å². The van der Waals surface area contributed by atoms with E-state index in [1.165, 1.54) is 6.26 Å². The molecule has 1 fully saturated rings. The van der Waals surface area contributed by atoms with Crippen LogP contribution in [0.4, 0.5) is 0 Å². The molecule has 4 nitrogen and oxygen atoms in total. The lowest BCUT2D eigenvalue weighted by molar-refractivity contribution is 0.0179. The van der Waals surface area contributed by atoms with E-state index in [-0.39, 0.29) is 5.60 Å². The monoisotopic (exact) mass is 225 g/mol. The largest absolute Gasteiger partial charge is 0.376 e. The minimum absolute atomic E-state index is 0.284. The normalized spacial score (nSPS) is 29.4. The van der Waals surface area contributed by atoms with Gasteiger partial charge in [-0.05, 0) is 12.2 Å². The van der Waals surface area contributed by atoms with Crippen LogP contribution in [0.15, 0.2) is 0 Å². The SMILES string of the molecule is CO[C@@]1(CNS(C)(=O)=O)CCSC1. The fraction of sp³-hybridized carbons (Fsp3) is 1.00. The molecule has 0 aromatic heterocycles. The number of hydrogen-bond donors (Lipinski definition) is 1. The van der Waals surface area contributed by atoms with Crippen LogP contribution in [0.5, 0.6) is 0 Å². The maximum atomic E-state index is 10.9. The topological polar surface area (TPSA) is 55.4 Å². The van der Waals surface area contributed by atoms with Gasteiger partial charge in [0.25, 0.3) is 0 Å². The zero-order chi connectivity index (χ0) is 9.95. The molecular formula is C7H15NO3S2. The van der Waals surface area contributed by atoms with Gasteiger partial charge in [0, 0.05) is 19.4 Å². The van der Waals surface area contributed by atoms with E-state index in [1.54, 1.807) is 18.9 Å². The fourth-order valence-electron chi connectivity index (χ4n) is 1.22. The summed E-state index contributed by atoms with van der Waals surface area (Å²) in [4.78, 5) is 0. The quantitative estimate of drug-likeness (QED) is 0.735. The Balaban J connectivity index is 2.50. The van der Waals surface area contributed by atoms with E-state index in [1.807, 2.05) is 0 Å². The Hall–Kier alpha value is 0.220. The lowest BCUT2D eigenvalue weighted by Crippen LogP contribution is -2.44. The molecule has 0 unspecified atom stereocenters. The lowest BCUT2D eigenvalue weighted by atomic mass is 10.0. The fourth-order valence-corrected chi connectivity index (χ4v) is 3.15. The van der Waals surface area contributed by atoms with Crippen molar-refractivity contribution in [2.24, 2.45) is 0 Å². The summed E-state index contributed by atoms with van der Waals surface area (Å²) in [6, 6.07) is 0. The summed E-state index contributed by atoms with van der Waals surface area (Å²) in [5, 5.41) is 0. The molecule has 0 aromatic rings. The molecular weight excluding hydrogens is 210 g/mol. The molecule has 78 valence electrons. The van der Waals surface area contributed by atoms with E-state index in [2.05, 4.69) is 4.72 Å². The Bertz CT molecular complexity index is 257. The average Bonchev–Trinajstić information content (AvgIpc) is 2.49. The van der Waals surface area contributed by atoms with Crippen molar-refractivity contribution in [1.82, 2.24) is 4.72 Å². The predicted octanol–water partition coefficient (Wildman–Crippen LogP) is 0.0577. The third-order valence-corrected chi connectivity index (χ3v) is 4.05. The van der Waals surface area contributed by atoms with Crippen molar-refractivity contribution in [2.45, 2.75) is 12.0 Å². The highest BCUT2D eigenvalue weighted by molar-refractivity contribution is 7.99. The van der Waals surface area contributed by atoms with Crippen molar-refractivity contribution >= 4 is 21.8 Å². The second-order valence-electron chi connectivity index (χ2n) is 3.28. The molecule has 1 aliphatic rings. The highest BCUT2D eigenvalue weighted by Gasteiger charge is 2.34. The maximum Gasteiger partial charge on any atom is 0.208 e. The van der Waals surface area contributed by atoms with Gasteiger partial charge in [-0.3, -0.25) is 0 Å². The predicted molar refractivity (Wildman–Crippen MR) is 54.5 cm³/mol. The Morgan fingerprint density at radius 1 is 1.62 bits per heavy atom. The Morgan fingerprint density at radius 2 is 2.31 bits per heavy atom. The molecule has 0 bridgehead atoms. The molecule has 0 amide bonds. The number of rotatable bonds is 4. The van der Waals surface area contributed by atoms with Crippen molar-refractivity contribution in [2.75, 3.05) is 31.4 Å². The molecule has 0 aliphatic carbocycles. The molecule has 1 heterocycles. The van der Waals surface area contributed by atoms with Crippen LogP contribution in [0, 0.1) is 0 Å². The first-order valence-corrected chi connectivity index (χ1v) is 7.10. The Labute approximate surface area is 83.5 Å². The van der Waals surface area contributed by atoms with Gasteiger partial charge >= 0.3 is 0 Å². The van der Waals surface area contributed by atoms with Crippen molar-refractivity contribution < 1.29 is 13.2 Å². The van der Waals surface area contributed by atoms with Crippen LogP contribution in [0.3, 0.4) is 0 Å². The molecule has 1 atom stereocenters. The van der Waals surface area contributed by atoms with Crippen molar-refractivity contribution in [3.63, 3.8) is 0 Å². The molecule has 13 heavy (non-hydrogen) atoms. The van der Waals surface area contributed by atoms with Gasteiger partial charge in [0.15, 0.2) is 0 Å². The summed E-state index contributed by atoms with van der Waals surface area (Å²) in [5.74, 6) is 1.91. The van der Waals surface area contributed by atoms with Gasteiger partial charge in [-0.15, -0.1) is 0 Å². The Kier molecular flexibility index (Phi) is 3.62. The van der Waals surface area contributed by atoms with Crippen LogP contribution >= 0.6 is 11.8 Å². The van der Waals surface area contributed by atoms with Crippen molar-refractivity contribution in [3.05, 3.63) is 0 Å². The number of nitrogens with one attached hydrogen (secondary N) is 1. The number of methoxy groups -OCH3 is 1. The van der Waals surface area contributed by atoms with Gasteiger partial charge in [-0.2, -0.15) is 11.8 Å². The van der Waals surface area contributed by atoms with Gasteiger partial charge in [0.05, 0.1) is 11.9 Å². The van der Waals surface area contributed by atoms with E-state index in [0.717, 1.165) is 17.9 Å². The zero-order valence-electron chi connectivity index (χ0n) is 7.87. The first-order chi connectivity index (χ1) is 5.97. The third kappa shape index (κ3) is 3.46. The van der Waals surface area contributed by atoms with Crippen LogP contribution in [0.25, 0.3) is 0 Å². The number of ether oxygens (including phenoxy) is 1. The lowest BCUT2D eigenvalue weighted by Gasteiger charge is -2.26. The molecule has 1 saturated heterocycles. The summed E-state index contributed by atoms with van der Waals surface area (Å²) in [6.45, 7) is 0.384. The third-order valence-electron chi connectivity index (χ3n) is 2.16. The second-order valence-corrected chi connectivity index (χ2v) is 6.22. The van der Waals surface area contributed by atoms with E-state index in [4.69, 9.17) is 4.74 Å². The standard InChI is InChI=1S/C7H15NO3S2/c1-11-7(3-4-12-6-7)5-8-13(2,9)10/h8H,3-6H2,1-2H3/t7-/m1/s1. The van der Waals surface area contributed by atoms with Crippen molar-refractivity contribution in [1.29, 1.82) is 0 Å². The highest BCUT2D eigenvalue weighted by atomic mass is 32.2. The van der Waals surface area contributed by atoms with Crippen LogP contribution in [0.2, 0.25) is 0 Å². The number of hydrogen-bond acceptors (Lipinski definition) is 4. The van der Waals surface area contributed by atoms with Gasteiger partial charge < -0.3 is 4.74 Å². The first-order valence-electron chi connectivity index (χ1n) is 4.05. The van der Waals surface area contributed by atoms with E-state index >= 15 is 0 Å². The molecule has 1 aliphatic heterocycles. The van der Waals surface area contributed by atoms with Gasteiger partial charge in [-0.25, -0.2) is 13.1 Å². The van der Waals surface area contributed by atoms with E-state index in [0.29, 0.717) is 6.54 Å². The van der Waals surface area contributed by atoms with Crippen LogP contribution < -0.4 is 4.72 Å². The molecule has 0 saturated carbocycles. The van der Waals surface area contributed by atoms with Crippen LogP contribution in [-0.2, 0) is 14.8 Å². The average molecular weight is 225 g/mol. The second kappa shape index (κ2) is 4.16. The summed E-state index contributed by atoms with van der Waals surface area (Å²) in [6.07, 6.45) is 2.08. The number of sulfonamides is 1. The summed E-state index contributed by atoms with van der Waals surface area (Å²) < 4.78 is 29.6. The summed E-state index contributed by atoms with van der Waals surface area (Å²) >= 11 is 1.80. The molecule has 6 heteroatoms. The summed E-state index contributed by atoms with van der Waals surface area (Å²) in [7, 11) is -1.46. The first kappa shape index (κ1) is 11.3. The number of thioether (sulfide) groups is 1. The smallest absolute Gasteiger partial charge is 0.208 e. The van der Waals surface area contributed by atoms with Crippen LogP contribution in [0.1, 0.15) is 6.42 Å². The Morgan fingerprint density at radius 3 is 2.69 bits per heavy atom. The zero-order valence-corrected chi connectivity index (χ0v) is 9.50. The van der Waals surface area contributed by atoms with E-state index in [9.17, 15) is 8.42 Å². The minimum atomic E-state index is -3.10. The van der Waals surface area contributed by atoms with Crippen molar-refractivity contribution in [3.8, 4) is 0 Å². The minimum Gasteiger partial charge on any atom is -0.376 e.